The molecule has 29 heavy (non-hydrogen) atoms. The number of rotatable bonds is 5. The van der Waals surface area contributed by atoms with Gasteiger partial charge in [-0.25, -0.2) is 4.99 Å². The van der Waals surface area contributed by atoms with Crippen molar-refractivity contribution in [1.82, 2.24) is 4.90 Å². The van der Waals surface area contributed by atoms with Crippen molar-refractivity contribution in [1.29, 1.82) is 0 Å². The summed E-state index contributed by atoms with van der Waals surface area (Å²) in [6.45, 7) is 4.79. The molecule has 0 saturated carbocycles. The molecule has 1 atom stereocenters. The van der Waals surface area contributed by atoms with E-state index in [9.17, 15) is 13.2 Å². The van der Waals surface area contributed by atoms with Gasteiger partial charge < -0.3 is 9.74 Å². The number of aryl methyl sites for hydroxylation is 1. The van der Waals surface area contributed by atoms with Crippen LogP contribution in [0.15, 0.2) is 46.5 Å². The molecule has 0 fully saturated rings. The Kier molecular flexibility index (Phi) is 6.17. The molecule has 4 nitrogen and oxygen atoms in total. The zero-order valence-corrected chi connectivity index (χ0v) is 17.1. The minimum Gasteiger partial charge on any atom is -0.387 e. The van der Waals surface area contributed by atoms with Crippen LogP contribution in [-0.4, -0.2) is 30.5 Å². The van der Waals surface area contributed by atoms with Gasteiger partial charge in [0.1, 0.15) is 0 Å². The van der Waals surface area contributed by atoms with Crippen LogP contribution >= 0.6 is 11.6 Å². The Morgan fingerprint density at radius 1 is 1.28 bits per heavy atom. The molecule has 154 valence electrons. The monoisotopic (exact) mass is 423 g/mol. The minimum absolute atomic E-state index is 0.346. The van der Waals surface area contributed by atoms with Gasteiger partial charge in [-0.05, 0) is 54.8 Å². The Labute approximate surface area is 172 Å². The van der Waals surface area contributed by atoms with Crippen LogP contribution < -0.4 is 0 Å². The van der Waals surface area contributed by atoms with Gasteiger partial charge in [0.05, 0.1) is 28.3 Å². The Bertz CT molecular complexity index is 939. The van der Waals surface area contributed by atoms with E-state index in [-0.39, 0.29) is 6.10 Å². The molecule has 2 aromatic rings. The first kappa shape index (κ1) is 21.2. The Hall–Kier alpha value is -2.54. The SMILES string of the molecule is CCN(C)C=Nc1cc(C)c(C2CC(c3ccc(C(F)(F)F)cc3)=NO2)cc1Cl. The van der Waals surface area contributed by atoms with Crippen molar-refractivity contribution in [2.45, 2.75) is 32.5 Å². The summed E-state index contributed by atoms with van der Waals surface area (Å²) in [6, 6.07) is 8.62. The number of halogens is 4. The fourth-order valence-electron chi connectivity index (χ4n) is 2.94. The number of nitrogens with zero attached hydrogens (tertiary/aromatic N) is 3. The normalized spacial score (nSPS) is 16.8. The van der Waals surface area contributed by atoms with Crippen molar-refractivity contribution in [2.24, 2.45) is 10.1 Å². The number of aliphatic imine (C=N–C) groups is 1. The third-order valence-electron chi connectivity index (χ3n) is 4.79. The van der Waals surface area contributed by atoms with Gasteiger partial charge in [-0.2, -0.15) is 13.2 Å². The van der Waals surface area contributed by atoms with E-state index in [1.807, 2.05) is 37.9 Å². The zero-order valence-electron chi connectivity index (χ0n) is 16.3. The average molecular weight is 424 g/mol. The highest BCUT2D eigenvalue weighted by molar-refractivity contribution is 6.33. The van der Waals surface area contributed by atoms with Crippen LogP contribution in [0.25, 0.3) is 0 Å². The van der Waals surface area contributed by atoms with Crippen molar-refractivity contribution in [3.63, 3.8) is 0 Å². The number of alkyl halides is 3. The van der Waals surface area contributed by atoms with Crippen LogP contribution in [0.3, 0.4) is 0 Å². The number of hydrogen-bond donors (Lipinski definition) is 0. The highest BCUT2D eigenvalue weighted by Crippen LogP contribution is 2.37. The predicted molar refractivity (Wildman–Crippen MR) is 109 cm³/mol. The van der Waals surface area contributed by atoms with Crippen LogP contribution in [0.4, 0.5) is 18.9 Å². The van der Waals surface area contributed by atoms with Gasteiger partial charge in [0.2, 0.25) is 0 Å². The molecule has 1 unspecified atom stereocenters. The summed E-state index contributed by atoms with van der Waals surface area (Å²) in [4.78, 5) is 11.9. The average Bonchev–Trinajstić information content (AvgIpc) is 3.17. The Morgan fingerprint density at radius 2 is 1.97 bits per heavy atom. The van der Waals surface area contributed by atoms with Gasteiger partial charge in [0.25, 0.3) is 0 Å². The third kappa shape index (κ3) is 4.90. The molecule has 0 spiro atoms. The summed E-state index contributed by atoms with van der Waals surface area (Å²) in [6.07, 6.45) is -2.54. The molecule has 0 bridgehead atoms. The van der Waals surface area contributed by atoms with Crippen LogP contribution in [0.2, 0.25) is 5.02 Å². The van der Waals surface area contributed by atoms with Crippen molar-refractivity contribution in [3.05, 3.63) is 63.7 Å². The Morgan fingerprint density at radius 3 is 2.59 bits per heavy atom. The van der Waals surface area contributed by atoms with Crippen molar-refractivity contribution in [2.75, 3.05) is 13.6 Å². The lowest BCUT2D eigenvalue weighted by molar-refractivity contribution is -0.137. The van der Waals surface area contributed by atoms with E-state index in [0.29, 0.717) is 28.4 Å². The van der Waals surface area contributed by atoms with Gasteiger partial charge in [-0.3, -0.25) is 0 Å². The van der Waals surface area contributed by atoms with E-state index in [4.69, 9.17) is 16.4 Å². The van der Waals surface area contributed by atoms with Crippen LogP contribution in [-0.2, 0) is 11.0 Å². The summed E-state index contributed by atoms with van der Waals surface area (Å²) in [7, 11) is 1.92. The van der Waals surface area contributed by atoms with Gasteiger partial charge in [0.15, 0.2) is 6.10 Å². The highest BCUT2D eigenvalue weighted by atomic mass is 35.5. The minimum atomic E-state index is -4.36. The Balaban J connectivity index is 1.75. The molecule has 1 aliphatic heterocycles. The van der Waals surface area contributed by atoms with Gasteiger partial charge in [0, 0.05) is 20.0 Å². The van der Waals surface area contributed by atoms with E-state index in [2.05, 4.69) is 10.1 Å². The summed E-state index contributed by atoms with van der Waals surface area (Å²) < 4.78 is 38.2. The second kappa shape index (κ2) is 8.45. The van der Waals surface area contributed by atoms with Crippen LogP contribution in [0.5, 0.6) is 0 Å². The van der Waals surface area contributed by atoms with E-state index in [0.717, 1.165) is 29.8 Å². The van der Waals surface area contributed by atoms with Gasteiger partial charge in [-0.15, -0.1) is 0 Å². The van der Waals surface area contributed by atoms with E-state index >= 15 is 0 Å². The van der Waals surface area contributed by atoms with E-state index in [1.54, 1.807) is 6.34 Å². The van der Waals surface area contributed by atoms with Gasteiger partial charge >= 0.3 is 6.18 Å². The van der Waals surface area contributed by atoms with Crippen molar-refractivity contribution in [3.8, 4) is 0 Å². The quantitative estimate of drug-likeness (QED) is 0.427. The molecule has 0 radical (unpaired) electrons. The molecule has 0 aromatic heterocycles. The van der Waals surface area contributed by atoms with Crippen molar-refractivity contribution >= 4 is 29.3 Å². The molecule has 1 aliphatic rings. The zero-order chi connectivity index (χ0) is 21.2. The molecule has 0 amide bonds. The number of benzene rings is 2. The lowest BCUT2D eigenvalue weighted by Crippen LogP contribution is -2.14. The molecule has 0 aliphatic carbocycles. The highest BCUT2D eigenvalue weighted by Gasteiger charge is 2.31. The standard InChI is InChI=1S/C21H21ClF3N3O/c1-4-28(3)12-26-19-9-13(2)16(10-17(19)22)20-11-18(27-29-20)14-5-7-15(8-6-14)21(23,24)25/h5-10,12,20H,4,11H2,1-3H3. The fraction of sp³-hybridized carbons (Fsp3) is 0.333. The topological polar surface area (TPSA) is 37.2 Å². The second-order valence-electron chi connectivity index (χ2n) is 6.89. The predicted octanol–water partition coefficient (Wildman–Crippen LogP) is 6.14. The van der Waals surface area contributed by atoms with Crippen molar-refractivity contribution < 1.29 is 18.0 Å². The maximum Gasteiger partial charge on any atom is 0.416 e. The smallest absolute Gasteiger partial charge is 0.387 e. The largest absolute Gasteiger partial charge is 0.416 e. The molecular formula is C21H21ClF3N3O. The number of hydrogen-bond acceptors (Lipinski definition) is 3. The molecule has 8 heteroatoms. The summed E-state index contributed by atoms with van der Waals surface area (Å²) in [5.74, 6) is 0. The lowest BCUT2D eigenvalue weighted by Gasteiger charge is -2.14. The molecule has 0 N–H and O–H groups in total. The first-order chi connectivity index (χ1) is 13.7. The fourth-order valence-corrected chi connectivity index (χ4v) is 3.16. The summed E-state index contributed by atoms with van der Waals surface area (Å²) >= 11 is 6.39. The molecule has 0 saturated heterocycles. The van der Waals surface area contributed by atoms with E-state index < -0.39 is 11.7 Å². The first-order valence-electron chi connectivity index (χ1n) is 9.13. The molecule has 1 heterocycles. The lowest BCUT2D eigenvalue weighted by atomic mass is 9.96. The maximum atomic E-state index is 12.7. The summed E-state index contributed by atoms with van der Waals surface area (Å²) in [5, 5.41) is 4.57. The second-order valence-corrected chi connectivity index (χ2v) is 7.30. The van der Waals surface area contributed by atoms with Gasteiger partial charge in [-0.1, -0.05) is 28.9 Å². The third-order valence-corrected chi connectivity index (χ3v) is 5.09. The van der Waals surface area contributed by atoms with E-state index in [1.165, 1.54) is 12.1 Å². The van der Waals surface area contributed by atoms with Crippen LogP contribution in [0, 0.1) is 6.92 Å². The maximum absolute atomic E-state index is 12.7. The molecular weight excluding hydrogens is 403 g/mol. The first-order valence-corrected chi connectivity index (χ1v) is 9.51. The van der Waals surface area contributed by atoms with Crippen LogP contribution in [0.1, 0.15) is 41.7 Å². The number of oxime groups is 1. The molecule has 2 aromatic carbocycles. The molecule has 3 rings (SSSR count). The summed E-state index contributed by atoms with van der Waals surface area (Å²) in [5.41, 5.74) is 3.01.